The first kappa shape index (κ1) is 10.3. The lowest BCUT2D eigenvalue weighted by Crippen LogP contribution is -1.95. The fraction of sp³-hybridized carbons (Fsp3) is 0.600. The molecule has 0 aromatic rings. The minimum absolute atomic E-state index is 0.696. The van der Waals surface area contributed by atoms with E-state index in [-0.39, 0.29) is 0 Å². The Hall–Kier alpha value is -0.720. The van der Waals surface area contributed by atoms with Crippen molar-refractivity contribution in [3.8, 4) is 0 Å². The van der Waals surface area contributed by atoms with Gasteiger partial charge in [-0.2, -0.15) is 0 Å². The van der Waals surface area contributed by atoms with Crippen molar-refractivity contribution in [3.05, 3.63) is 24.7 Å². The molecule has 0 radical (unpaired) electrons. The van der Waals surface area contributed by atoms with Gasteiger partial charge in [-0.3, -0.25) is 0 Å². The molecule has 0 saturated carbocycles. The number of hydrogen-bond acceptors (Lipinski definition) is 1. The standard InChI is InChI=1S/C10H18O/c1-5-9(4)8-10(6-2)11-7-3/h6-7,9H,3,5,8H2,1-2,4H3/b10-6-. The first-order valence-electron chi connectivity index (χ1n) is 4.17. The van der Waals surface area contributed by atoms with Crippen LogP contribution in [0.25, 0.3) is 0 Å². The number of ether oxygens (including phenoxy) is 1. The van der Waals surface area contributed by atoms with Crippen LogP contribution in [-0.4, -0.2) is 0 Å². The van der Waals surface area contributed by atoms with Gasteiger partial charge >= 0.3 is 0 Å². The van der Waals surface area contributed by atoms with Gasteiger partial charge < -0.3 is 4.74 Å². The molecule has 0 aliphatic carbocycles. The average molecular weight is 154 g/mol. The molecule has 1 unspecified atom stereocenters. The minimum atomic E-state index is 0.696. The van der Waals surface area contributed by atoms with E-state index in [1.165, 1.54) is 12.7 Å². The van der Waals surface area contributed by atoms with Gasteiger partial charge in [0.25, 0.3) is 0 Å². The Morgan fingerprint density at radius 2 is 2.27 bits per heavy atom. The third-order valence-corrected chi connectivity index (χ3v) is 1.80. The highest BCUT2D eigenvalue weighted by Gasteiger charge is 2.02. The van der Waals surface area contributed by atoms with Gasteiger partial charge in [-0.25, -0.2) is 0 Å². The largest absolute Gasteiger partial charge is 0.470 e. The lowest BCUT2D eigenvalue weighted by atomic mass is 10.0. The van der Waals surface area contributed by atoms with Crippen LogP contribution in [0.2, 0.25) is 0 Å². The molecule has 0 aromatic carbocycles. The fourth-order valence-electron chi connectivity index (χ4n) is 0.829. The highest BCUT2D eigenvalue weighted by atomic mass is 16.5. The molecule has 1 atom stereocenters. The second-order valence-corrected chi connectivity index (χ2v) is 2.76. The van der Waals surface area contributed by atoms with E-state index < -0.39 is 0 Å². The van der Waals surface area contributed by atoms with E-state index in [0.717, 1.165) is 12.2 Å². The van der Waals surface area contributed by atoms with Crippen LogP contribution in [0, 0.1) is 5.92 Å². The molecule has 0 rings (SSSR count). The molecule has 0 N–H and O–H groups in total. The first-order valence-corrected chi connectivity index (χ1v) is 4.17. The summed E-state index contributed by atoms with van der Waals surface area (Å²) in [7, 11) is 0. The molecular weight excluding hydrogens is 136 g/mol. The van der Waals surface area contributed by atoms with E-state index in [1.54, 1.807) is 0 Å². The zero-order valence-corrected chi connectivity index (χ0v) is 7.76. The van der Waals surface area contributed by atoms with Gasteiger partial charge in [0.1, 0.15) is 0 Å². The molecule has 0 aliphatic heterocycles. The highest BCUT2D eigenvalue weighted by molar-refractivity contribution is 4.93. The predicted octanol–water partition coefficient (Wildman–Crippen LogP) is 3.49. The maximum Gasteiger partial charge on any atom is 0.0991 e. The van der Waals surface area contributed by atoms with Crippen molar-refractivity contribution in [1.82, 2.24) is 0 Å². The molecule has 0 fully saturated rings. The van der Waals surface area contributed by atoms with Gasteiger partial charge in [-0.1, -0.05) is 26.8 Å². The van der Waals surface area contributed by atoms with Gasteiger partial charge in [-0.05, 0) is 18.9 Å². The van der Waals surface area contributed by atoms with Crippen LogP contribution in [0.3, 0.4) is 0 Å². The van der Waals surface area contributed by atoms with Gasteiger partial charge in [0.2, 0.25) is 0 Å². The van der Waals surface area contributed by atoms with Gasteiger partial charge in [0, 0.05) is 6.42 Å². The summed E-state index contributed by atoms with van der Waals surface area (Å²) in [5, 5.41) is 0. The van der Waals surface area contributed by atoms with E-state index in [2.05, 4.69) is 20.4 Å². The molecule has 64 valence electrons. The Kier molecular flexibility index (Phi) is 5.63. The highest BCUT2D eigenvalue weighted by Crippen LogP contribution is 2.15. The lowest BCUT2D eigenvalue weighted by molar-refractivity contribution is 0.311. The van der Waals surface area contributed by atoms with Crippen LogP contribution in [-0.2, 0) is 4.74 Å². The number of rotatable bonds is 5. The van der Waals surface area contributed by atoms with E-state index in [9.17, 15) is 0 Å². The summed E-state index contributed by atoms with van der Waals surface area (Å²) in [6.07, 6.45) is 5.68. The Balaban J connectivity index is 3.78. The first-order chi connectivity index (χ1) is 5.24. The molecule has 0 aromatic heterocycles. The second-order valence-electron chi connectivity index (χ2n) is 2.76. The Morgan fingerprint density at radius 1 is 1.64 bits per heavy atom. The lowest BCUT2D eigenvalue weighted by Gasteiger charge is -2.10. The van der Waals surface area contributed by atoms with Crippen molar-refractivity contribution < 1.29 is 4.74 Å². The van der Waals surface area contributed by atoms with Crippen molar-refractivity contribution in [2.45, 2.75) is 33.6 Å². The Morgan fingerprint density at radius 3 is 2.64 bits per heavy atom. The number of hydrogen-bond donors (Lipinski definition) is 0. The molecule has 1 heteroatoms. The van der Waals surface area contributed by atoms with E-state index in [1.807, 2.05) is 13.0 Å². The quantitative estimate of drug-likeness (QED) is 0.551. The Bertz CT molecular complexity index is 136. The van der Waals surface area contributed by atoms with Crippen LogP contribution in [0.15, 0.2) is 24.7 Å². The summed E-state index contributed by atoms with van der Waals surface area (Å²) in [4.78, 5) is 0. The summed E-state index contributed by atoms with van der Waals surface area (Å²) >= 11 is 0. The zero-order valence-electron chi connectivity index (χ0n) is 7.76. The summed E-state index contributed by atoms with van der Waals surface area (Å²) in [5.41, 5.74) is 0. The molecule has 0 spiro atoms. The molecular formula is C10H18O. The molecule has 1 nitrogen and oxygen atoms in total. The van der Waals surface area contributed by atoms with Crippen molar-refractivity contribution in [3.63, 3.8) is 0 Å². The summed E-state index contributed by atoms with van der Waals surface area (Å²) in [5.74, 6) is 1.72. The monoisotopic (exact) mass is 154 g/mol. The van der Waals surface area contributed by atoms with Crippen molar-refractivity contribution in [2.24, 2.45) is 5.92 Å². The summed E-state index contributed by atoms with van der Waals surface area (Å²) < 4.78 is 5.19. The van der Waals surface area contributed by atoms with Crippen molar-refractivity contribution >= 4 is 0 Å². The third kappa shape index (κ3) is 4.65. The predicted molar refractivity (Wildman–Crippen MR) is 49.1 cm³/mol. The summed E-state index contributed by atoms with van der Waals surface area (Å²) in [6, 6.07) is 0. The van der Waals surface area contributed by atoms with Crippen molar-refractivity contribution in [1.29, 1.82) is 0 Å². The summed E-state index contributed by atoms with van der Waals surface area (Å²) in [6.45, 7) is 9.91. The van der Waals surface area contributed by atoms with Crippen LogP contribution >= 0.6 is 0 Å². The van der Waals surface area contributed by atoms with Gasteiger partial charge in [-0.15, -0.1) is 0 Å². The Labute approximate surface area is 69.8 Å². The molecule has 0 heterocycles. The van der Waals surface area contributed by atoms with E-state index in [0.29, 0.717) is 5.92 Å². The van der Waals surface area contributed by atoms with E-state index in [4.69, 9.17) is 4.74 Å². The van der Waals surface area contributed by atoms with E-state index >= 15 is 0 Å². The topological polar surface area (TPSA) is 9.23 Å². The SMILES string of the molecule is C=CO/C(=C\C)CC(C)CC. The average Bonchev–Trinajstić information content (AvgIpc) is 2.03. The van der Waals surface area contributed by atoms with Crippen LogP contribution in [0.4, 0.5) is 0 Å². The van der Waals surface area contributed by atoms with Gasteiger partial charge in [0.05, 0.1) is 12.0 Å². The van der Waals surface area contributed by atoms with Crippen molar-refractivity contribution in [2.75, 3.05) is 0 Å². The number of allylic oxidation sites excluding steroid dienone is 2. The molecule has 11 heavy (non-hydrogen) atoms. The van der Waals surface area contributed by atoms with Crippen LogP contribution in [0.1, 0.15) is 33.6 Å². The normalized spacial score (nSPS) is 14.3. The molecule has 0 amide bonds. The third-order valence-electron chi connectivity index (χ3n) is 1.80. The maximum absolute atomic E-state index is 5.19. The molecule has 0 saturated heterocycles. The van der Waals surface area contributed by atoms with Crippen LogP contribution < -0.4 is 0 Å². The van der Waals surface area contributed by atoms with Crippen LogP contribution in [0.5, 0.6) is 0 Å². The van der Waals surface area contributed by atoms with Gasteiger partial charge in [0.15, 0.2) is 0 Å². The minimum Gasteiger partial charge on any atom is -0.470 e. The smallest absolute Gasteiger partial charge is 0.0991 e. The second kappa shape index (κ2) is 6.02. The maximum atomic E-state index is 5.19. The molecule has 0 aliphatic rings. The molecule has 0 bridgehead atoms. The zero-order chi connectivity index (χ0) is 8.69. The fourth-order valence-corrected chi connectivity index (χ4v) is 0.829.